The van der Waals surface area contributed by atoms with E-state index in [1.54, 1.807) is 7.11 Å². The molecule has 0 aliphatic carbocycles. The fraction of sp³-hybridized carbons (Fsp3) is 1.00. The Morgan fingerprint density at radius 2 is 1.83 bits per heavy atom. The van der Waals surface area contributed by atoms with Gasteiger partial charge in [0.1, 0.15) is 0 Å². The van der Waals surface area contributed by atoms with Gasteiger partial charge < -0.3 is 9.84 Å². The average Bonchev–Trinajstić information content (AvgIpc) is 3.00. The van der Waals surface area contributed by atoms with E-state index < -0.39 is 0 Å². The van der Waals surface area contributed by atoms with Crippen LogP contribution in [0, 0.1) is 0 Å². The van der Waals surface area contributed by atoms with E-state index in [2.05, 4.69) is 9.80 Å². The third kappa shape index (κ3) is 3.67. The molecule has 4 nitrogen and oxygen atoms in total. The van der Waals surface area contributed by atoms with E-state index in [1.807, 2.05) is 0 Å². The molecule has 1 N–H and O–H groups in total. The number of hydrogen-bond donors (Lipinski definition) is 1. The van der Waals surface area contributed by atoms with Crippen molar-refractivity contribution in [1.29, 1.82) is 0 Å². The van der Waals surface area contributed by atoms with Crippen molar-refractivity contribution in [2.24, 2.45) is 0 Å². The van der Waals surface area contributed by atoms with Gasteiger partial charge in [0, 0.05) is 38.9 Å². The van der Waals surface area contributed by atoms with Gasteiger partial charge in [-0.25, -0.2) is 0 Å². The normalized spacial score (nSPS) is 30.3. The first-order valence-electron chi connectivity index (χ1n) is 7.43. The third-order valence-corrected chi connectivity index (χ3v) is 4.45. The molecule has 0 spiro atoms. The largest absolute Gasteiger partial charge is 0.395 e. The monoisotopic (exact) mass is 256 g/mol. The van der Waals surface area contributed by atoms with Crippen molar-refractivity contribution < 1.29 is 9.84 Å². The van der Waals surface area contributed by atoms with Gasteiger partial charge in [-0.2, -0.15) is 0 Å². The summed E-state index contributed by atoms with van der Waals surface area (Å²) in [6, 6.07) is 1.13. The Balaban J connectivity index is 1.76. The number of aliphatic hydroxyl groups excluding tert-OH is 1. The number of nitrogens with zero attached hydrogens (tertiary/aromatic N) is 2. The lowest BCUT2D eigenvalue weighted by molar-refractivity contribution is 0.115. The number of hydrogen-bond acceptors (Lipinski definition) is 4. The van der Waals surface area contributed by atoms with Gasteiger partial charge in [-0.05, 0) is 45.2 Å². The molecule has 2 atom stereocenters. The molecule has 4 heteroatoms. The lowest BCUT2D eigenvalue weighted by atomic mass is 10.2. The predicted octanol–water partition coefficient (Wildman–Crippen LogP) is 0.944. The van der Waals surface area contributed by atoms with Crippen LogP contribution in [-0.2, 0) is 4.74 Å². The van der Waals surface area contributed by atoms with Crippen molar-refractivity contribution >= 4 is 0 Å². The molecular formula is C14H28N2O2. The second-order valence-electron chi connectivity index (χ2n) is 5.65. The molecule has 18 heavy (non-hydrogen) atoms. The van der Waals surface area contributed by atoms with Crippen molar-refractivity contribution in [2.75, 3.05) is 46.5 Å². The summed E-state index contributed by atoms with van der Waals surface area (Å²) in [7, 11) is 1.78. The lowest BCUT2D eigenvalue weighted by Gasteiger charge is -2.31. The maximum atomic E-state index is 9.38. The summed E-state index contributed by atoms with van der Waals surface area (Å²) in [5, 5.41) is 9.38. The Bertz CT molecular complexity index is 238. The van der Waals surface area contributed by atoms with Gasteiger partial charge in [-0.15, -0.1) is 0 Å². The summed E-state index contributed by atoms with van der Waals surface area (Å²) in [5.41, 5.74) is 0. The summed E-state index contributed by atoms with van der Waals surface area (Å²) < 4.78 is 5.13. The molecule has 0 aromatic heterocycles. The highest BCUT2D eigenvalue weighted by Gasteiger charge is 2.30. The highest BCUT2D eigenvalue weighted by molar-refractivity contribution is 4.86. The van der Waals surface area contributed by atoms with Crippen LogP contribution in [0.25, 0.3) is 0 Å². The van der Waals surface area contributed by atoms with E-state index in [1.165, 1.54) is 38.8 Å². The molecular weight excluding hydrogens is 228 g/mol. The first-order chi connectivity index (χ1) is 8.85. The predicted molar refractivity (Wildman–Crippen MR) is 72.8 cm³/mol. The van der Waals surface area contributed by atoms with Gasteiger partial charge in [-0.1, -0.05) is 0 Å². The number of aliphatic hydroxyl groups is 1. The number of rotatable bonds is 7. The fourth-order valence-corrected chi connectivity index (χ4v) is 3.42. The molecule has 2 heterocycles. The zero-order chi connectivity index (χ0) is 12.8. The van der Waals surface area contributed by atoms with Crippen LogP contribution in [0.2, 0.25) is 0 Å². The van der Waals surface area contributed by atoms with E-state index in [0.29, 0.717) is 18.7 Å². The summed E-state index contributed by atoms with van der Waals surface area (Å²) >= 11 is 0. The third-order valence-electron chi connectivity index (χ3n) is 4.45. The van der Waals surface area contributed by atoms with E-state index in [-0.39, 0.29) is 0 Å². The number of methoxy groups -OCH3 is 1. The molecule has 2 aliphatic rings. The lowest BCUT2D eigenvalue weighted by Crippen LogP contribution is -2.43. The van der Waals surface area contributed by atoms with Crippen molar-refractivity contribution in [1.82, 2.24) is 9.80 Å². The summed E-state index contributed by atoms with van der Waals surface area (Å²) in [4.78, 5) is 5.12. The van der Waals surface area contributed by atoms with Crippen LogP contribution in [0.5, 0.6) is 0 Å². The van der Waals surface area contributed by atoms with E-state index >= 15 is 0 Å². The maximum absolute atomic E-state index is 9.38. The zero-order valence-corrected chi connectivity index (χ0v) is 11.7. The summed E-state index contributed by atoms with van der Waals surface area (Å²) in [6.07, 6.45) is 6.21. The average molecular weight is 256 g/mol. The Morgan fingerprint density at radius 1 is 1.11 bits per heavy atom. The Morgan fingerprint density at radius 3 is 2.56 bits per heavy atom. The van der Waals surface area contributed by atoms with Crippen molar-refractivity contribution in [3.8, 4) is 0 Å². The molecule has 0 saturated carbocycles. The molecule has 0 aromatic rings. The first kappa shape index (κ1) is 14.3. The highest BCUT2D eigenvalue weighted by atomic mass is 16.5. The zero-order valence-electron chi connectivity index (χ0n) is 11.7. The second-order valence-corrected chi connectivity index (χ2v) is 5.65. The van der Waals surface area contributed by atoms with Crippen LogP contribution in [0.4, 0.5) is 0 Å². The molecule has 0 radical (unpaired) electrons. The van der Waals surface area contributed by atoms with Crippen LogP contribution in [0.15, 0.2) is 0 Å². The van der Waals surface area contributed by atoms with Gasteiger partial charge in [0.15, 0.2) is 0 Å². The molecule has 2 unspecified atom stereocenters. The smallest absolute Gasteiger partial charge is 0.0586 e. The van der Waals surface area contributed by atoms with E-state index in [0.717, 1.165) is 26.1 Å². The number of likely N-dealkylation sites (tertiary alicyclic amines) is 2. The second kappa shape index (κ2) is 7.43. The summed E-state index contributed by atoms with van der Waals surface area (Å²) in [6.45, 7) is 5.93. The molecule has 0 bridgehead atoms. The Labute approximate surface area is 111 Å². The van der Waals surface area contributed by atoms with Crippen LogP contribution in [-0.4, -0.2) is 73.5 Å². The van der Waals surface area contributed by atoms with Gasteiger partial charge in [0.2, 0.25) is 0 Å². The van der Waals surface area contributed by atoms with Gasteiger partial charge in [0.05, 0.1) is 6.61 Å². The Kier molecular flexibility index (Phi) is 5.89. The molecule has 2 fully saturated rings. The maximum Gasteiger partial charge on any atom is 0.0586 e. The fourth-order valence-electron chi connectivity index (χ4n) is 3.42. The van der Waals surface area contributed by atoms with E-state index in [9.17, 15) is 5.11 Å². The molecule has 2 rings (SSSR count). The Hall–Kier alpha value is -0.160. The molecule has 2 aliphatic heterocycles. The molecule has 0 aromatic carbocycles. The minimum atomic E-state index is 0.330. The van der Waals surface area contributed by atoms with Crippen LogP contribution in [0.1, 0.15) is 32.1 Å². The number of ether oxygens (including phenoxy) is 1. The van der Waals surface area contributed by atoms with Gasteiger partial charge in [0.25, 0.3) is 0 Å². The standard InChI is InChI=1S/C14H28N2O2/c1-18-10-4-9-15-7-2-5-13(15)11-16-8-3-6-14(16)12-17/h13-14,17H,2-12H2,1H3. The van der Waals surface area contributed by atoms with Gasteiger partial charge >= 0.3 is 0 Å². The van der Waals surface area contributed by atoms with Crippen LogP contribution < -0.4 is 0 Å². The van der Waals surface area contributed by atoms with E-state index in [4.69, 9.17) is 4.74 Å². The summed E-state index contributed by atoms with van der Waals surface area (Å²) in [5.74, 6) is 0. The highest BCUT2D eigenvalue weighted by Crippen LogP contribution is 2.23. The van der Waals surface area contributed by atoms with Crippen LogP contribution in [0.3, 0.4) is 0 Å². The van der Waals surface area contributed by atoms with Crippen molar-refractivity contribution in [2.45, 2.75) is 44.2 Å². The molecule has 0 amide bonds. The van der Waals surface area contributed by atoms with Crippen molar-refractivity contribution in [3.63, 3.8) is 0 Å². The van der Waals surface area contributed by atoms with Crippen LogP contribution >= 0.6 is 0 Å². The topological polar surface area (TPSA) is 35.9 Å². The molecule has 2 saturated heterocycles. The minimum absolute atomic E-state index is 0.330. The molecule has 106 valence electrons. The van der Waals surface area contributed by atoms with Gasteiger partial charge in [-0.3, -0.25) is 9.80 Å². The quantitative estimate of drug-likeness (QED) is 0.688. The minimum Gasteiger partial charge on any atom is -0.395 e. The first-order valence-corrected chi connectivity index (χ1v) is 7.43. The van der Waals surface area contributed by atoms with Crippen molar-refractivity contribution in [3.05, 3.63) is 0 Å². The SMILES string of the molecule is COCCCN1CCCC1CN1CCCC1CO.